The molecule has 0 aromatic carbocycles. The predicted molar refractivity (Wildman–Crippen MR) is 122 cm³/mol. The van der Waals surface area contributed by atoms with E-state index in [1.54, 1.807) is 0 Å². The molecule has 2 bridgehead atoms. The Bertz CT molecular complexity index is 955. The van der Waals surface area contributed by atoms with E-state index in [1.807, 2.05) is 27.7 Å². The van der Waals surface area contributed by atoms with Crippen molar-refractivity contribution in [1.82, 2.24) is 0 Å². The second-order valence-corrected chi connectivity index (χ2v) is 17.5. The summed E-state index contributed by atoms with van der Waals surface area (Å²) >= 11 is 0. The average molecular weight is 479 g/mol. The van der Waals surface area contributed by atoms with Crippen molar-refractivity contribution in [1.29, 1.82) is 0 Å². The summed E-state index contributed by atoms with van der Waals surface area (Å²) in [5.74, 6) is -1.85. The highest BCUT2D eigenvalue weighted by molar-refractivity contribution is 6.70. The van der Waals surface area contributed by atoms with Crippen LogP contribution in [-0.4, -0.2) is 60.0 Å². The van der Waals surface area contributed by atoms with Gasteiger partial charge in [-0.3, -0.25) is 14.4 Å². The van der Waals surface area contributed by atoms with Crippen LogP contribution in [0.2, 0.25) is 19.6 Å². The summed E-state index contributed by atoms with van der Waals surface area (Å²) in [7, 11) is -2.17. The number of Topliss-reactive ketones (excluding diaryl/α,β-unsaturated/α-hetero) is 2. The van der Waals surface area contributed by atoms with E-state index in [2.05, 4.69) is 19.6 Å². The van der Waals surface area contributed by atoms with Crippen molar-refractivity contribution in [2.24, 2.45) is 35.0 Å². The van der Waals surface area contributed by atoms with E-state index in [4.69, 9.17) is 13.9 Å². The predicted octanol–water partition coefficient (Wildman–Crippen LogP) is 2.89. The molecule has 0 unspecified atom stereocenters. The van der Waals surface area contributed by atoms with Gasteiger partial charge in [0, 0.05) is 42.4 Å². The van der Waals surface area contributed by atoms with Gasteiger partial charge in [0.25, 0.3) is 0 Å². The summed E-state index contributed by atoms with van der Waals surface area (Å²) in [6.07, 6.45) is 1.46. The van der Waals surface area contributed by atoms with Crippen molar-refractivity contribution in [2.75, 3.05) is 6.61 Å². The van der Waals surface area contributed by atoms with Gasteiger partial charge in [0.1, 0.15) is 5.60 Å². The maximum absolute atomic E-state index is 14.1. The highest BCUT2D eigenvalue weighted by Crippen LogP contribution is 2.80. The molecule has 184 valence electrons. The molecule has 5 fully saturated rings. The Morgan fingerprint density at radius 3 is 2.36 bits per heavy atom. The lowest BCUT2D eigenvalue weighted by atomic mass is 9.59. The number of fused-ring (bicyclic) bond motifs is 4. The molecule has 1 spiro atoms. The Morgan fingerprint density at radius 1 is 1.18 bits per heavy atom. The Morgan fingerprint density at radius 2 is 1.82 bits per heavy atom. The molecule has 2 saturated heterocycles. The van der Waals surface area contributed by atoms with E-state index in [-0.39, 0.29) is 41.8 Å². The third-order valence-electron chi connectivity index (χ3n) is 9.72. The lowest BCUT2D eigenvalue weighted by molar-refractivity contribution is -0.262. The Hall–Kier alpha value is -1.09. The van der Waals surface area contributed by atoms with Crippen LogP contribution in [-0.2, 0) is 28.3 Å². The van der Waals surface area contributed by atoms with Crippen LogP contribution in [0.4, 0.5) is 0 Å². The molecule has 5 rings (SSSR count). The number of carbonyl (C=O) groups excluding carboxylic acids is 3. The van der Waals surface area contributed by atoms with E-state index in [1.165, 1.54) is 6.92 Å². The highest BCUT2D eigenvalue weighted by atomic mass is 28.4. The number of carbonyl (C=O) groups is 3. The number of esters is 1. The normalized spacial score (nSPS) is 51.6. The summed E-state index contributed by atoms with van der Waals surface area (Å²) in [5, 5.41) is 10.6. The molecular weight excluding hydrogens is 440 g/mol. The molecule has 3 saturated carbocycles. The number of rotatable bonds is 4. The van der Waals surface area contributed by atoms with Crippen molar-refractivity contribution < 1.29 is 33.4 Å². The smallest absolute Gasteiger partial charge is 0.303 e. The number of aliphatic hydroxyl groups excluding tert-OH is 1. The SMILES string of the molecule is CC(=O)O[C@@]12C(=O)[C@@H](C)[C@@]34O[C@@](CO)(C[C@H]3[C@@H]1C2(C)C)C[C@]1(O[Si](C)(C)C)C(=O)[C@@H](C)C[C@@H]41. The van der Waals surface area contributed by atoms with Gasteiger partial charge in [0.05, 0.1) is 17.8 Å². The molecule has 0 amide bonds. The van der Waals surface area contributed by atoms with Crippen molar-refractivity contribution in [3.05, 3.63) is 0 Å². The Kier molecular flexibility index (Phi) is 4.56. The first-order valence-electron chi connectivity index (χ1n) is 12.3. The topological polar surface area (TPSA) is 99.1 Å². The monoisotopic (exact) mass is 478 g/mol. The van der Waals surface area contributed by atoms with Crippen LogP contribution in [0, 0.1) is 35.0 Å². The lowest BCUT2D eigenvalue weighted by Gasteiger charge is -2.57. The molecule has 2 aliphatic heterocycles. The van der Waals surface area contributed by atoms with Gasteiger partial charge in [-0.25, -0.2) is 0 Å². The summed E-state index contributed by atoms with van der Waals surface area (Å²) in [4.78, 5) is 40.0. The minimum absolute atomic E-state index is 0.0857. The largest absolute Gasteiger partial charge is 0.450 e. The Labute approximate surface area is 197 Å². The van der Waals surface area contributed by atoms with Crippen LogP contribution in [0.25, 0.3) is 0 Å². The molecule has 7 nitrogen and oxygen atoms in total. The molecule has 8 heteroatoms. The van der Waals surface area contributed by atoms with Gasteiger partial charge in [0.2, 0.25) is 0 Å². The van der Waals surface area contributed by atoms with Crippen LogP contribution in [0.3, 0.4) is 0 Å². The standard InChI is InChI=1S/C25H38O7Si/c1-13-9-17-23(19(13)28,32-33(6,7)8)11-22(12-26)10-16-18-21(4,5)25(18,30-15(3)27)20(29)14(2)24(16,17)31-22/h13-14,16-18,26H,9-12H2,1-8H3/t13-,14+,16-,17+,18+,22-,23+,24+,25+/m0/s1. The fraction of sp³-hybridized carbons (Fsp3) is 0.880. The molecule has 3 aliphatic carbocycles. The van der Waals surface area contributed by atoms with Gasteiger partial charge in [-0.15, -0.1) is 0 Å². The van der Waals surface area contributed by atoms with Gasteiger partial charge >= 0.3 is 5.97 Å². The van der Waals surface area contributed by atoms with Crippen molar-refractivity contribution in [3.8, 4) is 0 Å². The summed E-state index contributed by atoms with van der Waals surface area (Å²) in [5.41, 5.74) is -4.61. The zero-order chi connectivity index (χ0) is 24.6. The second kappa shape index (κ2) is 6.36. The average Bonchev–Trinajstić information content (AvgIpc) is 2.90. The number of hydrogen-bond acceptors (Lipinski definition) is 7. The zero-order valence-electron chi connectivity index (χ0n) is 21.1. The van der Waals surface area contributed by atoms with Crippen molar-refractivity contribution in [3.63, 3.8) is 0 Å². The van der Waals surface area contributed by atoms with E-state index >= 15 is 0 Å². The minimum Gasteiger partial charge on any atom is -0.450 e. The zero-order valence-corrected chi connectivity index (χ0v) is 22.1. The summed E-state index contributed by atoms with van der Waals surface area (Å²) < 4.78 is 19.5. The lowest BCUT2D eigenvalue weighted by Crippen LogP contribution is -2.70. The van der Waals surface area contributed by atoms with Gasteiger partial charge in [0.15, 0.2) is 25.5 Å². The number of hydrogen-bond donors (Lipinski definition) is 1. The van der Waals surface area contributed by atoms with Crippen molar-refractivity contribution >= 4 is 25.9 Å². The van der Waals surface area contributed by atoms with Crippen LogP contribution in [0.1, 0.15) is 53.9 Å². The Balaban J connectivity index is 1.72. The maximum Gasteiger partial charge on any atom is 0.303 e. The third-order valence-corrected chi connectivity index (χ3v) is 10.7. The molecule has 0 aromatic rings. The quantitative estimate of drug-likeness (QED) is 0.490. The number of ketones is 2. The van der Waals surface area contributed by atoms with Gasteiger partial charge in [-0.05, 0) is 38.4 Å². The molecule has 33 heavy (non-hydrogen) atoms. The fourth-order valence-corrected chi connectivity index (χ4v) is 10.3. The third kappa shape index (κ3) is 2.54. The van der Waals surface area contributed by atoms with E-state index in [9.17, 15) is 19.5 Å². The highest BCUT2D eigenvalue weighted by Gasteiger charge is 2.91. The van der Waals surface area contributed by atoms with Crippen LogP contribution in [0.5, 0.6) is 0 Å². The first-order chi connectivity index (χ1) is 15.0. The molecular formula is C25H38O7Si. The van der Waals surface area contributed by atoms with E-state index in [0.717, 1.165) is 0 Å². The first-order valence-corrected chi connectivity index (χ1v) is 15.7. The van der Waals surface area contributed by atoms with E-state index < -0.39 is 48.0 Å². The number of aliphatic hydroxyl groups is 1. The van der Waals surface area contributed by atoms with E-state index in [0.29, 0.717) is 19.3 Å². The molecule has 0 aromatic heterocycles. The maximum atomic E-state index is 14.1. The second-order valence-electron chi connectivity index (χ2n) is 13.1. The molecule has 5 aliphatic rings. The molecule has 1 N–H and O–H groups in total. The fourth-order valence-electron chi connectivity index (χ4n) is 8.93. The van der Waals surface area contributed by atoms with Crippen LogP contribution < -0.4 is 0 Å². The first kappa shape index (κ1) is 23.6. The van der Waals surface area contributed by atoms with Gasteiger partial charge in [-0.2, -0.15) is 0 Å². The van der Waals surface area contributed by atoms with Gasteiger partial charge < -0.3 is 19.0 Å². The van der Waals surface area contributed by atoms with Crippen LogP contribution >= 0.6 is 0 Å². The minimum atomic E-state index is -2.17. The van der Waals surface area contributed by atoms with Crippen LogP contribution in [0.15, 0.2) is 0 Å². The van der Waals surface area contributed by atoms with Crippen molar-refractivity contribution in [2.45, 2.75) is 95.9 Å². The molecule has 0 radical (unpaired) electrons. The summed E-state index contributed by atoms with van der Waals surface area (Å²) in [6, 6.07) is 0. The van der Waals surface area contributed by atoms with Gasteiger partial charge in [-0.1, -0.05) is 27.7 Å². The molecule has 9 atom stereocenters. The number of ether oxygens (including phenoxy) is 2. The molecule has 2 heterocycles. The summed E-state index contributed by atoms with van der Waals surface area (Å²) in [6.45, 7) is 15.2.